The molecule has 3 amide bonds. The number of amides is 3. The van der Waals surface area contributed by atoms with E-state index in [2.05, 4.69) is 36.3 Å². The molecule has 4 heterocycles. The number of benzene rings is 1. The topological polar surface area (TPSA) is 150 Å². The van der Waals surface area contributed by atoms with E-state index in [4.69, 9.17) is 14.6 Å². The number of hydrogen-bond donors (Lipinski definition) is 3. The third-order valence-electron chi connectivity index (χ3n) is 7.26. The van der Waals surface area contributed by atoms with E-state index < -0.39 is 10.1 Å². The van der Waals surface area contributed by atoms with Crippen LogP contribution < -0.4 is 15.5 Å². The number of rotatable bonds is 5. The van der Waals surface area contributed by atoms with Crippen molar-refractivity contribution >= 4 is 50.7 Å². The van der Waals surface area contributed by atoms with Gasteiger partial charge in [0.05, 0.1) is 33.9 Å². The lowest BCUT2D eigenvalue weighted by Gasteiger charge is -2.35. The molecule has 0 saturated carbocycles. The Balaban J connectivity index is 0.000000892. The third kappa shape index (κ3) is 9.14. The molecule has 1 fully saturated rings. The molecule has 0 unspecified atom stereocenters. The van der Waals surface area contributed by atoms with Crippen LogP contribution in [0.3, 0.4) is 0 Å². The molecule has 0 bridgehead atoms. The smallest absolute Gasteiger partial charge is 0.324 e. The summed E-state index contributed by atoms with van der Waals surface area (Å²) < 4.78 is 27.6. The summed E-state index contributed by atoms with van der Waals surface area (Å²) in [5.74, 6) is 1.52. The van der Waals surface area contributed by atoms with Crippen molar-refractivity contribution in [1.82, 2.24) is 19.7 Å². The number of piperazine rings is 1. The first-order chi connectivity index (χ1) is 21.5. The molecule has 0 radical (unpaired) electrons. The number of carbonyl (C=O) groups is 2. The highest BCUT2D eigenvalue weighted by Crippen LogP contribution is 2.27. The van der Waals surface area contributed by atoms with Crippen LogP contribution in [-0.4, -0.2) is 77.0 Å². The fraction of sp³-hybridized carbons (Fsp3) is 0.375. The molecule has 3 aromatic heterocycles. The van der Waals surface area contributed by atoms with Crippen molar-refractivity contribution in [2.24, 2.45) is 0 Å². The number of pyridine rings is 1. The predicted octanol–water partition coefficient (Wildman–Crippen LogP) is 5.66. The molecular formula is C32H41N7O5S2. The molecule has 0 aliphatic carbocycles. The summed E-state index contributed by atoms with van der Waals surface area (Å²) in [4.78, 5) is 35.6. The summed E-state index contributed by atoms with van der Waals surface area (Å²) in [6.07, 6.45) is 0.715. The van der Waals surface area contributed by atoms with Crippen molar-refractivity contribution < 1.29 is 22.6 Å². The molecule has 4 aromatic rings. The lowest BCUT2D eigenvalue weighted by molar-refractivity contribution is 0.0750. The fourth-order valence-electron chi connectivity index (χ4n) is 4.72. The number of nitrogens with one attached hydrogen (secondary N) is 2. The van der Waals surface area contributed by atoms with Gasteiger partial charge >= 0.3 is 6.03 Å². The molecule has 5 rings (SSSR count). The first kappa shape index (κ1) is 34.6. The molecule has 3 N–H and O–H groups in total. The number of anilines is 3. The van der Waals surface area contributed by atoms with Crippen molar-refractivity contribution in [2.75, 3.05) is 48.0 Å². The molecule has 14 heteroatoms. The Morgan fingerprint density at radius 1 is 0.935 bits per heavy atom. The summed E-state index contributed by atoms with van der Waals surface area (Å²) in [7, 11) is -3.67. The van der Waals surface area contributed by atoms with E-state index in [-0.39, 0.29) is 17.4 Å². The quantitative estimate of drug-likeness (QED) is 0.231. The van der Waals surface area contributed by atoms with E-state index >= 15 is 0 Å². The Labute approximate surface area is 274 Å². The number of thiophene rings is 1. The van der Waals surface area contributed by atoms with Gasteiger partial charge in [-0.05, 0) is 62.0 Å². The van der Waals surface area contributed by atoms with Crippen LogP contribution in [0.4, 0.5) is 22.1 Å². The number of nitrogens with zero attached hydrogens (tertiary/aromatic N) is 5. The van der Waals surface area contributed by atoms with E-state index in [1.807, 2.05) is 79.6 Å². The average Bonchev–Trinajstić information content (AvgIpc) is 3.60. The summed E-state index contributed by atoms with van der Waals surface area (Å²) in [5.41, 5.74) is 5.10. The van der Waals surface area contributed by atoms with E-state index in [1.54, 1.807) is 4.68 Å². The summed E-state index contributed by atoms with van der Waals surface area (Å²) in [5, 5.41) is 12.7. The second kappa shape index (κ2) is 14.0. The molecule has 0 spiro atoms. The summed E-state index contributed by atoms with van der Waals surface area (Å²) in [6, 6.07) is 15.4. The number of hydrogen-bond acceptors (Lipinski definition) is 8. The number of aromatic nitrogens is 3. The van der Waals surface area contributed by atoms with Gasteiger partial charge in [-0.15, -0.1) is 11.3 Å². The number of carbonyl (C=O) groups excluding carboxylic acids is 2. The largest absolute Gasteiger partial charge is 0.353 e. The van der Waals surface area contributed by atoms with Gasteiger partial charge in [-0.3, -0.25) is 14.7 Å². The minimum Gasteiger partial charge on any atom is -0.353 e. The van der Waals surface area contributed by atoms with Gasteiger partial charge in [0.1, 0.15) is 11.6 Å². The standard InChI is InChI=1S/C31H37N7O2S.CH4O3S/c1-20-7-9-23(10-8-20)38-27(19-25(35-38)31(4,5)6)34-30(40)33-24-11-12-26(32-22(24)3)36-14-16-37(17-15-36)29(39)28-21(2)13-18-41-28;1-5(2,3)4/h7-13,18-19H,14-17H2,1-6H3,(H2,33,34,40);1H3,(H,2,3,4). The lowest BCUT2D eigenvalue weighted by Crippen LogP contribution is -2.49. The molecule has 1 aromatic carbocycles. The summed E-state index contributed by atoms with van der Waals surface area (Å²) >= 11 is 1.50. The highest BCUT2D eigenvalue weighted by atomic mass is 32.2. The van der Waals surface area contributed by atoms with Gasteiger partial charge < -0.3 is 15.1 Å². The van der Waals surface area contributed by atoms with Crippen LogP contribution in [0.1, 0.15) is 53.0 Å². The van der Waals surface area contributed by atoms with E-state index in [1.165, 1.54) is 11.3 Å². The number of aryl methyl sites for hydroxylation is 3. The van der Waals surface area contributed by atoms with Crippen molar-refractivity contribution in [2.45, 2.75) is 47.0 Å². The molecule has 46 heavy (non-hydrogen) atoms. The maximum Gasteiger partial charge on any atom is 0.324 e. The highest BCUT2D eigenvalue weighted by molar-refractivity contribution is 7.85. The first-order valence-electron chi connectivity index (χ1n) is 14.7. The molecule has 246 valence electrons. The first-order valence-corrected chi connectivity index (χ1v) is 17.5. The van der Waals surface area contributed by atoms with Crippen LogP contribution in [0.2, 0.25) is 0 Å². The average molecular weight is 668 g/mol. The van der Waals surface area contributed by atoms with Gasteiger partial charge in [0.25, 0.3) is 16.0 Å². The van der Waals surface area contributed by atoms with Crippen molar-refractivity contribution in [3.05, 3.63) is 81.3 Å². The second-order valence-corrected chi connectivity index (χ2v) is 14.6. The lowest BCUT2D eigenvalue weighted by atomic mass is 9.92. The Bertz CT molecular complexity index is 1790. The zero-order valence-electron chi connectivity index (χ0n) is 27.2. The Morgan fingerprint density at radius 3 is 2.11 bits per heavy atom. The van der Waals surface area contributed by atoms with E-state index in [0.29, 0.717) is 49.6 Å². The molecule has 1 saturated heterocycles. The van der Waals surface area contributed by atoms with Crippen LogP contribution in [0, 0.1) is 20.8 Å². The maximum atomic E-state index is 13.1. The summed E-state index contributed by atoms with van der Waals surface area (Å²) in [6.45, 7) is 14.9. The van der Waals surface area contributed by atoms with Crippen LogP contribution in [0.5, 0.6) is 0 Å². The Morgan fingerprint density at radius 2 is 1.57 bits per heavy atom. The fourth-order valence-corrected chi connectivity index (χ4v) is 5.61. The molecule has 1 aliphatic heterocycles. The molecule has 1 aliphatic rings. The van der Waals surface area contributed by atoms with Crippen LogP contribution in [-0.2, 0) is 15.5 Å². The second-order valence-electron chi connectivity index (χ2n) is 12.2. The van der Waals surface area contributed by atoms with E-state index in [9.17, 15) is 18.0 Å². The Kier molecular flexibility index (Phi) is 10.5. The van der Waals surface area contributed by atoms with Gasteiger partial charge in [0.15, 0.2) is 0 Å². The number of urea groups is 1. The highest BCUT2D eigenvalue weighted by Gasteiger charge is 2.25. The van der Waals surface area contributed by atoms with Crippen LogP contribution >= 0.6 is 11.3 Å². The monoisotopic (exact) mass is 667 g/mol. The predicted molar refractivity (Wildman–Crippen MR) is 183 cm³/mol. The van der Waals surface area contributed by atoms with Gasteiger partial charge in [-0.1, -0.05) is 38.5 Å². The van der Waals surface area contributed by atoms with Gasteiger partial charge in [0, 0.05) is 37.7 Å². The Hall–Kier alpha value is -4.27. The maximum absolute atomic E-state index is 13.1. The van der Waals surface area contributed by atoms with Crippen molar-refractivity contribution in [3.63, 3.8) is 0 Å². The van der Waals surface area contributed by atoms with Gasteiger partial charge in [-0.25, -0.2) is 14.5 Å². The molecule has 12 nitrogen and oxygen atoms in total. The minimum atomic E-state index is -3.67. The molecular weight excluding hydrogens is 627 g/mol. The zero-order valence-corrected chi connectivity index (χ0v) is 28.8. The zero-order chi connectivity index (χ0) is 33.8. The third-order valence-corrected chi connectivity index (χ3v) is 8.27. The van der Waals surface area contributed by atoms with Crippen molar-refractivity contribution in [1.29, 1.82) is 0 Å². The van der Waals surface area contributed by atoms with E-state index in [0.717, 1.165) is 33.2 Å². The van der Waals surface area contributed by atoms with Crippen molar-refractivity contribution in [3.8, 4) is 5.69 Å². The van der Waals surface area contributed by atoms with Gasteiger partial charge in [-0.2, -0.15) is 13.5 Å². The SMILES string of the molecule is CS(=O)(=O)O.Cc1ccc(-n2nc(C(C)(C)C)cc2NC(=O)Nc2ccc(N3CCN(C(=O)c4sccc4C)CC3)nc2C)cc1. The van der Waals surface area contributed by atoms with Crippen LogP contribution in [0.15, 0.2) is 53.9 Å². The minimum absolute atomic E-state index is 0.102. The van der Waals surface area contributed by atoms with Gasteiger partial charge in [0.2, 0.25) is 0 Å². The normalized spacial score (nSPS) is 13.6. The van der Waals surface area contributed by atoms with Crippen LogP contribution in [0.25, 0.3) is 5.69 Å². The molecule has 0 atom stereocenters.